The van der Waals surface area contributed by atoms with Gasteiger partial charge in [0, 0.05) is 11.8 Å². The predicted molar refractivity (Wildman–Crippen MR) is 92.9 cm³/mol. The van der Waals surface area contributed by atoms with E-state index in [4.69, 9.17) is 4.74 Å². The Labute approximate surface area is 148 Å². The van der Waals surface area contributed by atoms with Crippen LogP contribution in [0.4, 0.5) is 18.9 Å². The molecule has 0 spiro atoms. The zero-order valence-electron chi connectivity index (χ0n) is 14.0. The Morgan fingerprint density at radius 2 is 1.65 bits per heavy atom. The highest BCUT2D eigenvalue weighted by Crippen LogP contribution is 2.26. The van der Waals surface area contributed by atoms with E-state index >= 15 is 0 Å². The molecule has 2 aromatic rings. The van der Waals surface area contributed by atoms with E-state index in [2.05, 4.69) is 4.99 Å². The third-order valence-corrected chi connectivity index (χ3v) is 3.50. The zero-order chi connectivity index (χ0) is 19.3. The number of ketones is 1. The fourth-order valence-corrected chi connectivity index (χ4v) is 2.05. The number of rotatable bonds is 5. The Balaban J connectivity index is 2.46. The molecule has 2 aromatic carbocycles. The normalized spacial score (nSPS) is 12.8. The number of halogens is 3. The number of carbonyl (C=O) groups is 1. The van der Waals surface area contributed by atoms with Crippen molar-refractivity contribution in [2.75, 3.05) is 7.11 Å². The van der Waals surface area contributed by atoms with Gasteiger partial charge in [0.15, 0.2) is 0 Å². The van der Waals surface area contributed by atoms with Crippen LogP contribution in [0, 0.1) is 6.92 Å². The van der Waals surface area contributed by atoms with Gasteiger partial charge in [0.2, 0.25) is 0 Å². The van der Waals surface area contributed by atoms with Crippen molar-refractivity contribution < 1.29 is 27.8 Å². The molecule has 0 atom stereocenters. The van der Waals surface area contributed by atoms with Gasteiger partial charge in [0.1, 0.15) is 11.5 Å². The van der Waals surface area contributed by atoms with Crippen molar-refractivity contribution in [3.05, 3.63) is 65.2 Å². The first-order valence-corrected chi connectivity index (χ1v) is 7.52. The molecule has 0 radical (unpaired) electrons. The summed E-state index contributed by atoms with van der Waals surface area (Å²) in [6.45, 7) is 1.79. The van der Waals surface area contributed by atoms with Crippen LogP contribution in [0.3, 0.4) is 0 Å². The number of nitrogens with zero attached hydrogens (tertiary/aromatic N) is 1. The number of ether oxygens (including phenoxy) is 1. The summed E-state index contributed by atoms with van der Waals surface area (Å²) in [5, 5.41) is 10.2. The third kappa shape index (κ3) is 4.72. The van der Waals surface area contributed by atoms with Gasteiger partial charge in [-0.2, -0.15) is 13.2 Å². The summed E-state index contributed by atoms with van der Waals surface area (Å²) in [7, 11) is 1.47. The molecule has 0 aliphatic heterocycles. The topological polar surface area (TPSA) is 58.9 Å². The smallest absolute Gasteiger partial charge is 0.455 e. The predicted octanol–water partition coefficient (Wildman–Crippen LogP) is 4.81. The van der Waals surface area contributed by atoms with Gasteiger partial charge in [-0.3, -0.25) is 9.79 Å². The van der Waals surface area contributed by atoms with E-state index in [0.29, 0.717) is 17.7 Å². The number of alkyl halides is 3. The minimum absolute atomic E-state index is 0.0874. The zero-order valence-corrected chi connectivity index (χ0v) is 14.0. The Hall–Kier alpha value is -3.09. The third-order valence-electron chi connectivity index (χ3n) is 3.50. The van der Waals surface area contributed by atoms with E-state index in [1.165, 1.54) is 31.4 Å². The molecule has 0 aliphatic rings. The molecular weight excluding hydrogens is 347 g/mol. The van der Waals surface area contributed by atoms with Crippen molar-refractivity contribution in [3.63, 3.8) is 0 Å². The van der Waals surface area contributed by atoms with Gasteiger partial charge in [0.05, 0.1) is 18.4 Å². The lowest BCUT2D eigenvalue weighted by Crippen LogP contribution is -2.26. The Bertz CT molecular complexity index is 836. The average Bonchev–Trinajstić information content (AvgIpc) is 2.62. The average molecular weight is 363 g/mol. The molecular formula is C19H16F3NO3. The molecule has 26 heavy (non-hydrogen) atoms. The Morgan fingerprint density at radius 3 is 2.15 bits per heavy atom. The van der Waals surface area contributed by atoms with Crippen LogP contribution < -0.4 is 4.74 Å². The van der Waals surface area contributed by atoms with Gasteiger partial charge in [-0.1, -0.05) is 29.8 Å². The van der Waals surface area contributed by atoms with Crippen LogP contribution in [0.2, 0.25) is 0 Å². The summed E-state index contributed by atoms with van der Waals surface area (Å²) in [4.78, 5) is 15.6. The molecule has 7 heteroatoms. The first-order chi connectivity index (χ1) is 12.2. The van der Waals surface area contributed by atoms with Crippen LogP contribution in [-0.4, -0.2) is 30.4 Å². The number of allylic oxidation sites excluding steroid dienone is 1. The number of aliphatic imine (C=N–C) groups is 1. The lowest BCUT2D eigenvalue weighted by Gasteiger charge is -2.09. The molecule has 0 bridgehead atoms. The molecule has 0 saturated heterocycles. The van der Waals surface area contributed by atoms with Crippen molar-refractivity contribution in [2.24, 2.45) is 4.99 Å². The second-order valence-electron chi connectivity index (χ2n) is 5.41. The largest absolute Gasteiger partial charge is 0.506 e. The summed E-state index contributed by atoms with van der Waals surface area (Å²) in [6.07, 6.45) is -4.42. The Kier molecular flexibility index (Phi) is 5.82. The minimum Gasteiger partial charge on any atom is -0.506 e. The number of benzene rings is 2. The SMILES string of the molecule is COc1ccc(N=C/C(C(=O)C(F)(F)F)=C(/O)c2ccc(C)cc2)cc1. The van der Waals surface area contributed by atoms with Gasteiger partial charge in [-0.15, -0.1) is 0 Å². The van der Waals surface area contributed by atoms with Crippen molar-refractivity contribution in [1.29, 1.82) is 0 Å². The highest BCUT2D eigenvalue weighted by Gasteiger charge is 2.41. The molecule has 0 aromatic heterocycles. The summed E-state index contributed by atoms with van der Waals surface area (Å²) in [6, 6.07) is 12.2. The van der Waals surface area contributed by atoms with Gasteiger partial charge in [0.25, 0.3) is 5.78 Å². The van der Waals surface area contributed by atoms with E-state index in [9.17, 15) is 23.1 Å². The lowest BCUT2D eigenvalue weighted by atomic mass is 10.0. The van der Waals surface area contributed by atoms with Crippen molar-refractivity contribution in [3.8, 4) is 5.75 Å². The molecule has 0 unspecified atom stereocenters. The number of hydrogen-bond acceptors (Lipinski definition) is 4. The monoisotopic (exact) mass is 363 g/mol. The van der Waals surface area contributed by atoms with Gasteiger partial charge in [-0.25, -0.2) is 0 Å². The van der Waals surface area contributed by atoms with E-state index in [0.717, 1.165) is 5.56 Å². The molecule has 136 valence electrons. The van der Waals surface area contributed by atoms with Crippen molar-refractivity contribution in [1.82, 2.24) is 0 Å². The lowest BCUT2D eigenvalue weighted by molar-refractivity contribution is -0.165. The molecule has 1 N–H and O–H groups in total. The fraction of sp³-hybridized carbons (Fsp3) is 0.158. The van der Waals surface area contributed by atoms with Crippen molar-refractivity contribution in [2.45, 2.75) is 13.1 Å². The summed E-state index contributed by atoms with van der Waals surface area (Å²) < 4.78 is 43.7. The first-order valence-electron chi connectivity index (χ1n) is 7.52. The maximum atomic E-state index is 12.9. The van der Waals surface area contributed by atoms with Gasteiger partial charge >= 0.3 is 6.18 Å². The molecule has 0 fully saturated rings. The van der Waals surface area contributed by atoms with Gasteiger partial charge in [-0.05, 0) is 31.2 Å². The molecule has 0 saturated carbocycles. The molecule has 2 rings (SSSR count). The van der Waals surface area contributed by atoms with Crippen LogP contribution in [0.5, 0.6) is 5.75 Å². The number of Topliss-reactive ketones (excluding diaryl/α,β-unsaturated/α-hetero) is 1. The number of carbonyl (C=O) groups excluding carboxylic acids is 1. The number of methoxy groups -OCH3 is 1. The molecule has 0 amide bonds. The number of hydrogen-bond donors (Lipinski definition) is 1. The van der Waals surface area contributed by atoms with Gasteiger partial charge < -0.3 is 9.84 Å². The standard InChI is InChI=1S/C19H16F3NO3/c1-12-3-5-13(6-4-12)17(24)16(18(25)19(20,21)22)11-23-14-7-9-15(26-2)10-8-14/h3-11,24H,1-2H3/b17-16-,23-11?. The first kappa shape index (κ1) is 19.2. The maximum Gasteiger partial charge on any atom is 0.455 e. The van der Waals surface area contributed by atoms with Crippen LogP contribution in [0.1, 0.15) is 11.1 Å². The summed E-state index contributed by atoms with van der Waals surface area (Å²) >= 11 is 0. The van der Waals surface area contributed by atoms with Crippen LogP contribution in [0.15, 0.2) is 59.1 Å². The summed E-state index contributed by atoms with van der Waals surface area (Å²) in [5.41, 5.74) is 0.314. The fourth-order valence-electron chi connectivity index (χ4n) is 2.05. The number of aliphatic hydroxyl groups excluding tert-OH is 1. The molecule has 0 aliphatic carbocycles. The second-order valence-corrected chi connectivity index (χ2v) is 5.41. The maximum absolute atomic E-state index is 12.9. The molecule has 0 heterocycles. The van der Waals surface area contributed by atoms with Crippen molar-refractivity contribution >= 4 is 23.4 Å². The quantitative estimate of drug-likeness (QED) is 0.471. The van der Waals surface area contributed by atoms with E-state index in [-0.39, 0.29) is 5.56 Å². The van der Waals surface area contributed by atoms with E-state index in [1.807, 2.05) is 0 Å². The highest BCUT2D eigenvalue weighted by molar-refractivity contribution is 6.20. The summed E-state index contributed by atoms with van der Waals surface area (Å²) in [5.74, 6) is -2.41. The van der Waals surface area contributed by atoms with Crippen LogP contribution in [0.25, 0.3) is 5.76 Å². The van der Waals surface area contributed by atoms with Crippen LogP contribution in [-0.2, 0) is 4.79 Å². The Morgan fingerprint density at radius 1 is 1.08 bits per heavy atom. The van der Waals surface area contributed by atoms with E-state index in [1.54, 1.807) is 31.2 Å². The van der Waals surface area contributed by atoms with Crippen LogP contribution >= 0.6 is 0 Å². The number of aliphatic hydroxyl groups is 1. The highest BCUT2D eigenvalue weighted by atomic mass is 19.4. The van der Waals surface area contributed by atoms with E-state index < -0.39 is 23.3 Å². The second kappa shape index (κ2) is 7.86. The molecule has 4 nitrogen and oxygen atoms in total. The number of aryl methyl sites for hydroxylation is 1. The minimum atomic E-state index is -5.14.